The van der Waals surface area contributed by atoms with Crippen molar-refractivity contribution in [3.05, 3.63) is 0 Å². The normalized spacial score (nSPS) is 12.5. The van der Waals surface area contributed by atoms with Gasteiger partial charge in [-0.3, -0.25) is 4.55 Å². The van der Waals surface area contributed by atoms with Crippen molar-refractivity contribution in [2.75, 3.05) is 12.8 Å². The van der Waals surface area contributed by atoms with Crippen molar-refractivity contribution in [2.24, 2.45) is 5.92 Å². The molecule has 0 aromatic rings. The van der Waals surface area contributed by atoms with E-state index in [0.717, 1.165) is 5.92 Å². The standard InChI is InChI=1S/C17H37P.C2H6O4S/c1-3-4-5-6-7-8-9-10-11-12-13-14-17(2)15-16-18;1-2-6-7(3,4)5/h17H,3-16,18H2,1-2H3;2H2,1H3,(H,3,4,5). The number of hydrogen-bond acceptors (Lipinski definition) is 3. The van der Waals surface area contributed by atoms with Gasteiger partial charge in [-0.1, -0.05) is 90.9 Å². The molecule has 0 radical (unpaired) electrons. The predicted octanol–water partition coefficient (Wildman–Crippen LogP) is 6.41. The lowest BCUT2D eigenvalue weighted by Gasteiger charge is -2.09. The summed E-state index contributed by atoms with van der Waals surface area (Å²) in [6, 6.07) is 0. The van der Waals surface area contributed by atoms with Crippen LogP contribution in [0.15, 0.2) is 0 Å². The first-order valence-electron chi connectivity index (χ1n) is 10.2. The van der Waals surface area contributed by atoms with Crippen molar-refractivity contribution in [3.8, 4) is 0 Å². The molecule has 0 heterocycles. The molecule has 0 spiro atoms. The Bertz CT molecular complexity index is 347. The summed E-state index contributed by atoms with van der Waals surface area (Å²) >= 11 is 0. The Labute approximate surface area is 160 Å². The highest BCUT2D eigenvalue weighted by Crippen LogP contribution is 2.16. The van der Waals surface area contributed by atoms with E-state index in [1.54, 1.807) is 0 Å². The fourth-order valence-electron chi connectivity index (χ4n) is 2.73. The van der Waals surface area contributed by atoms with Gasteiger partial charge in [0.05, 0.1) is 6.61 Å². The van der Waals surface area contributed by atoms with Gasteiger partial charge in [0, 0.05) is 0 Å². The lowest BCUT2D eigenvalue weighted by Crippen LogP contribution is -2.01. The monoisotopic (exact) mass is 398 g/mol. The van der Waals surface area contributed by atoms with Gasteiger partial charge < -0.3 is 0 Å². The minimum absolute atomic E-state index is 0.0289. The minimum atomic E-state index is -4.17. The molecule has 0 rings (SSSR count). The maximum atomic E-state index is 9.56. The van der Waals surface area contributed by atoms with Crippen molar-refractivity contribution in [1.29, 1.82) is 0 Å². The molecule has 0 aliphatic rings. The Balaban J connectivity index is 0. The second-order valence-electron chi connectivity index (χ2n) is 6.84. The summed E-state index contributed by atoms with van der Waals surface area (Å²) in [4.78, 5) is 0. The van der Waals surface area contributed by atoms with Crippen LogP contribution in [0.5, 0.6) is 0 Å². The van der Waals surface area contributed by atoms with Gasteiger partial charge in [0.25, 0.3) is 0 Å². The maximum absolute atomic E-state index is 9.56. The van der Waals surface area contributed by atoms with Crippen LogP contribution in [-0.4, -0.2) is 25.7 Å². The van der Waals surface area contributed by atoms with Crippen LogP contribution in [0.25, 0.3) is 0 Å². The maximum Gasteiger partial charge on any atom is 0.397 e. The fourth-order valence-corrected chi connectivity index (χ4v) is 3.60. The summed E-state index contributed by atoms with van der Waals surface area (Å²) in [5.41, 5.74) is 0. The van der Waals surface area contributed by atoms with Gasteiger partial charge in [-0.2, -0.15) is 8.42 Å². The zero-order chi connectivity index (χ0) is 19.4. The first-order valence-corrected chi connectivity index (χ1v) is 12.4. The Kier molecular flexibility index (Phi) is 22.7. The number of rotatable bonds is 16. The summed E-state index contributed by atoms with van der Waals surface area (Å²) in [5, 5.41) is 0. The summed E-state index contributed by atoms with van der Waals surface area (Å²) in [7, 11) is -1.33. The van der Waals surface area contributed by atoms with Crippen LogP contribution in [0.3, 0.4) is 0 Å². The van der Waals surface area contributed by atoms with E-state index < -0.39 is 10.4 Å². The van der Waals surface area contributed by atoms with Crippen LogP contribution in [0.2, 0.25) is 0 Å². The van der Waals surface area contributed by atoms with E-state index in [9.17, 15) is 8.42 Å². The van der Waals surface area contributed by atoms with Crippen LogP contribution >= 0.6 is 9.24 Å². The molecule has 0 amide bonds. The molecule has 0 aromatic carbocycles. The molecule has 0 aliphatic heterocycles. The summed E-state index contributed by atoms with van der Waals surface area (Å²) < 4.78 is 30.7. The van der Waals surface area contributed by atoms with E-state index in [0.29, 0.717) is 0 Å². The van der Waals surface area contributed by atoms with Gasteiger partial charge in [0.1, 0.15) is 0 Å². The summed E-state index contributed by atoms with van der Waals surface area (Å²) in [6.07, 6.45) is 20.2. The van der Waals surface area contributed by atoms with E-state index in [2.05, 4.69) is 27.3 Å². The van der Waals surface area contributed by atoms with Crippen molar-refractivity contribution in [1.82, 2.24) is 0 Å². The van der Waals surface area contributed by atoms with Crippen LogP contribution in [-0.2, 0) is 14.6 Å². The number of hydrogen-bond donors (Lipinski definition) is 1. The molecule has 0 saturated heterocycles. The molecule has 0 fully saturated rings. The third kappa shape index (κ3) is 29.3. The van der Waals surface area contributed by atoms with E-state index in [4.69, 9.17) is 4.55 Å². The van der Waals surface area contributed by atoms with Gasteiger partial charge in [-0.15, -0.1) is 9.24 Å². The SMILES string of the molecule is CCCCCCCCCCCCCC(C)CCP.CCOS(=O)(=O)O. The highest BCUT2D eigenvalue weighted by Gasteiger charge is 2.00. The van der Waals surface area contributed by atoms with E-state index >= 15 is 0 Å². The molecule has 2 unspecified atom stereocenters. The highest BCUT2D eigenvalue weighted by molar-refractivity contribution is 7.80. The van der Waals surface area contributed by atoms with E-state index in [1.807, 2.05) is 0 Å². The lowest BCUT2D eigenvalue weighted by atomic mass is 9.99. The average Bonchev–Trinajstić information content (AvgIpc) is 2.52. The van der Waals surface area contributed by atoms with Gasteiger partial charge in [0.2, 0.25) is 0 Å². The van der Waals surface area contributed by atoms with Gasteiger partial charge in [-0.25, -0.2) is 4.18 Å². The van der Waals surface area contributed by atoms with Crippen molar-refractivity contribution in [2.45, 2.75) is 104 Å². The van der Waals surface area contributed by atoms with Crippen LogP contribution < -0.4 is 0 Å². The third-order valence-corrected chi connectivity index (χ3v) is 5.09. The average molecular weight is 399 g/mol. The Morgan fingerprint density at radius 1 is 0.840 bits per heavy atom. The Morgan fingerprint density at radius 3 is 1.60 bits per heavy atom. The second-order valence-corrected chi connectivity index (χ2v) is 8.51. The molecular weight excluding hydrogens is 355 g/mol. The number of unbranched alkanes of at least 4 members (excludes halogenated alkanes) is 10. The molecule has 0 bridgehead atoms. The zero-order valence-corrected chi connectivity index (χ0v) is 18.8. The molecule has 6 heteroatoms. The first-order chi connectivity index (χ1) is 11.9. The minimum Gasteiger partial charge on any atom is -0.264 e. The lowest BCUT2D eigenvalue weighted by molar-refractivity contribution is 0.283. The Hall–Kier alpha value is 0.300. The Morgan fingerprint density at radius 2 is 1.28 bits per heavy atom. The van der Waals surface area contributed by atoms with Gasteiger partial charge in [-0.05, 0) is 25.4 Å². The smallest absolute Gasteiger partial charge is 0.264 e. The zero-order valence-electron chi connectivity index (χ0n) is 16.8. The van der Waals surface area contributed by atoms with Crippen molar-refractivity contribution in [3.63, 3.8) is 0 Å². The second kappa shape index (κ2) is 20.6. The molecule has 1 N–H and O–H groups in total. The molecule has 0 aromatic heterocycles. The van der Waals surface area contributed by atoms with Crippen LogP contribution in [0, 0.1) is 5.92 Å². The van der Waals surface area contributed by atoms with Gasteiger partial charge >= 0.3 is 10.4 Å². The third-order valence-electron chi connectivity index (χ3n) is 4.23. The summed E-state index contributed by atoms with van der Waals surface area (Å²) in [6.45, 7) is 6.13. The van der Waals surface area contributed by atoms with Crippen molar-refractivity contribution >= 4 is 19.6 Å². The topological polar surface area (TPSA) is 63.6 Å². The molecule has 0 aliphatic carbocycles. The predicted molar refractivity (Wildman–Crippen MR) is 113 cm³/mol. The molecular formula is C19H43O4PS. The van der Waals surface area contributed by atoms with Crippen molar-refractivity contribution < 1.29 is 17.2 Å². The summed E-state index contributed by atoms with van der Waals surface area (Å²) in [5.74, 6) is 0.945. The van der Waals surface area contributed by atoms with E-state index in [-0.39, 0.29) is 6.61 Å². The van der Waals surface area contributed by atoms with Crippen LogP contribution in [0.4, 0.5) is 0 Å². The molecule has 4 nitrogen and oxygen atoms in total. The van der Waals surface area contributed by atoms with E-state index in [1.165, 1.54) is 96.6 Å². The molecule has 154 valence electrons. The molecule has 25 heavy (non-hydrogen) atoms. The first kappa shape index (κ1) is 27.5. The fraction of sp³-hybridized carbons (Fsp3) is 1.00. The van der Waals surface area contributed by atoms with Crippen LogP contribution in [0.1, 0.15) is 104 Å². The highest BCUT2D eigenvalue weighted by atomic mass is 32.3. The quantitative estimate of drug-likeness (QED) is 0.185. The van der Waals surface area contributed by atoms with Gasteiger partial charge in [0.15, 0.2) is 0 Å². The molecule has 0 saturated carbocycles. The molecule has 2 atom stereocenters. The largest absolute Gasteiger partial charge is 0.397 e.